The summed E-state index contributed by atoms with van der Waals surface area (Å²) in [7, 11) is 3.50. The summed E-state index contributed by atoms with van der Waals surface area (Å²) < 4.78 is 6.84. The smallest absolute Gasteiger partial charge is 0.118 e. The first-order chi connectivity index (χ1) is 9.10. The molecule has 0 aliphatic heterocycles. The standard InChI is InChI=1S/C14H19N3O2/c1-10-13(9-17(2)16-10)15-8-14(18)11-4-6-12(19-3)7-5-11/h4-7,9,14-15,18H,8H2,1-3H3. The molecule has 0 amide bonds. The van der Waals surface area contributed by atoms with Gasteiger partial charge in [-0.25, -0.2) is 0 Å². The highest BCUT2D eigenvalue weighted by atomic mass is 16.5. The summed E-state index contributed by atoms with van der Waals surface area (Å²) in [6.45, 7) is 2.38. The molecular formula is C14H19N3O2. The van der Waals surface area contributed by atoms with E-state index >= 15 is 0 Å². The van der Waals surface area contributed by atoms with Crippen LogP contribution in [0.25, 0.3) is 0 Å². The molecule has 1 unspecified atom stereocenters. The highest BCUT2D eigenvalue weighted by Gasteiger charge is 2.09. The summed E-state index contributed by atoms with van der Waals surface area (Å²) in [6, 6.07) is 7.41. The summed E-state index contributed by atoms with van der Waals surface area (Å²) in [4.78, 5) is 0. The van der Waals surface area contributed by atoms with Gasteiger partial charge in [0.15, 0.2) is 0 Å². The second kappa shape index (κ2) is 5.75. The molecule has 0 aliphatic carbocycles. The lowest BCUT2D eigenvalue weighted by atomic mass is 10.1. The number of anilines is 1. The van der Waals surface area contributed by atoms with E-state index in [1.165, 1.54) is 0 Å². The Kier molecular flexibility index (Phi) is 4.06. The molecule has 0 aliphatic rings. The van der Waals surface area contributed by atoms with Crippen LogP contribution >= 0.6 is 0 Å². The maximum Gasteiger partial charge on any atom is 0.118 e. The quantitative estimate of drug-likeness (QED) is 0.863. The lowest BCUT2D eigenvalue weighted by molar-refractivity contribution is 0.191. The Labute approximate surface area is 112 Å². The first kappa shape index (κ1) is 13.4. The Balaban J connectivity index is 1.96. The SMILES string of the molecule is COc1ccc(C(O)CNc2cn(C)nc2C)cc1. The average molecular weight is 261 g/mol. The topological polar surface area (TPSA) is 59.3 Å². The number of aliphatic hydroxyl groups excluding tert-OH is 1. The molecule has 5 heteroatoms. The Hall–Kier alpha value is -2.01. The van der Waals surface area contributed by atoms with Crippen LogP contribution in [0.5, 0.6) is 5.75 Å². The van der Waals surface area contributed by atoms with Crippen LogP contribution in [0.1, 0.15) is 17.4 Å². The van der Waals surface area contributed by atoms with Crippen molar-refractivity contribution in [2.45, 2.75) is 13.0 Å². The number of nitrogens with one attached hydrogen (secondary N) is 1. The number of benzene rings is 1. The molecule has 1 aromatic carbocycles. The summed E-state index contributed by atoms with van der Waals surface area (Å²) in [5, 5.41) is 17.5. The van der Waals surface area contributed by atoms with Crippen LogP contribution in [0, 0.1) is 6.92 Å². The third kappa shape index (κ3) is 3.26. The van der Waals surface area contributed by atoms with E-state index in [-0.39, 0.29) is 0 Å². The predicted molar refractivity (Wildman–Crippen MR) is 74.4 cm³/mol. The van der Waals surface area contributed by atoms with Gasteiger partial charge in [0.05, 0.1) is 24.6 Å². The second-order valence-electron chi connectivity index (χ2n) is 4.47. The fraction of sp³-hybridized carbons (Fsp3) is 0.357. The van der Waals surface area contributed by atoms with Crippen LogP contribution in [0.2, 0.25) is 0 Å². The zero-order valence-corrected chi connectivity index (χ0v) is 11.4. The van der Waals surface area contributed by atoms with Crippen molar-refractivity contribution in [3.05, 3.63) is 41.7 Å². The lowest BCUT2D eigenvalue weighted by Gasteiger charge is -2.13. The van der Waals surface area contributed by atoms with Gasteiger partial charge in [0.1, 0.15) is 5.75 Å². The van der Waals surface area contributed by atoms with Crippen LogP contribution < -0.4 is 10.1 Å². The highest BCUT2D eigenvalue weighted by molar-refractivity contribution is 5.45. The summed E-state index contributed by atoms with van der Waals surface area (Å²) >= 11 is 0. The van der Waals surface area contributed by atoms with Gasteiger partial charge in [0.25, 0.3) is 0 Å². The number of methoxy groups -OCH3 is 1. The summed E-state index contributed by atoms with van der Waals surface area (Å²) in [5.74, 6) is 0.784. The van der Waals surface area contributed by atoms with Crippen molar-refractivity contribution in [3.8, 4) is 5.75 Å². The lowest BCUT2D eigenvalue weighted by Crippen LogP contribution is -2.12. The fourth-order valence-electron chi connectivity index (χ4n) is 1.92. The molecule has 1 aromatic heterocycles. The average Bonchev–Trinajstić information content (AvgIpc) is 2.74. The fourth-order valence-corrected chi connectivity index (χ4v) is 1.92. The van der Waals surface area contributed by atoms with Crippen molar-refractivity contribution in [1.82, 2.24) is 9.78 Å². The van der Waals surface area contributed by atoms with Gasteiger partial charge in [-0.3, -0.25) is 4.68 Å². The largest absolute Gasteiger partial charge is 0.497 e. The van der Waals surface area contributed by atoms with E-state index in [0.29, 0.717) is 6.54 Å². The van der Waals surface area contributed by atoms with Crippen molar-refractivity contribution in [3.63, 3.8) is 0 Å². The number of aryl methyl sites for hydroxylation is 2. The molecule has 0 saturated carbocycles. The van der Waals surface area contributed by atoms with E-state index in [4.69, 9.17) is 4.74 Å². The van der Waals surface area contributed by atoms with Crippen molar-refractivity contribution < 1.29 is 9.84 Å². The van der Waals surface area contributed by atoms with Crippen LogP contribution in [-0.4, -0.2) is 28.5 Å². The van der Waals surface area contributed by atoms with Gasteiger partial charge in [-0.15, -0.1) is 0 Å². The van der Waals surface area contributed by atoms with Crippen molar-refractivity contribution in [2.24, 2.45) is 7.05 Å². The molecule has 102 valence electrons. The van der Waals surface area contributed by atoms with Gasteiger partial charge in [0.2, 0.25) is 0 Å². The number of hydrogen-bond acceptors (Lipinski definition) is 4. The molecule has 2 N–H and O–H groups in total. The second-order valence-corrected chi connectivity index (χ2v) is 4.47. The molecule has 5 nitrogen and oxygen atoms in total. The van der Waals surface area contributed by atoms with Gasteiger partial charge >= 0.3 is 0 Å². The maximum atomic E-state index is 10.1. The van der Waals surface area contributed by atoms with E-state index in [1.807, 2.05) is 44.4 Å². The van der Waals surface area contributed by atoms with Gasteiger partial charge in [-0.1, -0.05) is 12.1 Å². The number of rotatable bonds is 5. The minimum absolute atomic E-state index is 0.443. The number of aromatic nitrogens is 2. The Morgan fingerprint density at radius 1 is 1.37 bits per heavy atom. The molecule has 2 aromatic rings. The van der Waals surface area contributed by atoms with Gasteiger partial charge < -0.3 is 15.2 Å². The number of ether oxygens (including phenoxy) is 1. The molecule has 1 heterocycles. The minimum Gasteiger partial charge on any atom is -0.497 e. The molecule has 0 spiro atoms. The van der Waals surface area contributed by atoms with Gasteiger partial charge in [-0.2, -0.15) is 5.10 Å². The molecule has 0 bridgehead atoms. The zero-order chi connectivity index (χ0) is 13.8. The minimum atomic E-state index is -0.564. The Morgan fingerprint density at radius 3 is 2.58 bits per heavy atom. The molecular weight excluding hydrogens is 242 g/mol. The molecule has 0 saturated heterocycles. The number of hydrogen-bond donors (Lipinski definition) is 2. The molecule has 19 heavy (non-hydrogen) atoms. The molecule has 0 fully saturated rings. The predicted octanol–water partition coefficient (Wildman–Crippen LogP) is 1.88. The van der Waals surface area contributed by atoms with Gasteiger partial charge in [0, 0.05) is 19.8 Å². The normalized spacial score (nSPS) is 12.2. The van der Waals surface area contributed by atoms with Crippen LogP contribution in [0.15, 0.2) is 30.5 Å². The summed E-state index contributed by atoms with van der Waals surface area (Å²) in [6.07, 6.45) is 1.33. The third-order valence-corrected chi connectivity index (χ3v) is 3.00. The third-order valence-electron chi connectivity index (χ3n) is 3.00. The molecule has 2 rings (SSSR count). The molecule has 1 atom stereocenters. The highest BCUT2D eigenvalue weighted by Crippen LogP contribution is 2.19. The van der Waals surface area contributed by atoms with Crippen LogP contribution in [0.4, 0.5) is 5.69 Å². The monoisotopic (exact) mass is 261 g/mol. The first-order valence-electron chi connectivity index (χ1n) is 6.16. The van der Waals surface area contributed by atoms with Crippen LogP contribution in [-0.2, 0) is 7.05 Å². The van der Waals surface area contributed by atoms with Crippen LogP contribution in [0.3, 0.4) is 0 Å². The van der Waals surface area contributed by atoms with E-state index in [9.17, 15) is 5.11 Å². The van der Waals surface area contributed by atoms with E-state index in [2.05, 4.69) is 10.4 Å². The van der Waals surface area contributed by atoms with Gasteiger partial charge in [-0.05, 0) is 24.6 Å². The summed E-state index contributed by atoms with van der Waals surface area (Å²) in [5.41, 5.74) is 2.72. The van der Waals surface area contributed by atoms with Crippen molar-refractivity contribution >= 4 is 5.69 Å². The maximum absolute atomic E-state index is 10.1. The van der Waals surface area contributed by atoms with E-state index in [0.717, 1.165) is 22.7 Å². The zero-order valence-electron chi connectivity index (χ0n) is 11.4. The van der Waals surface area contributed by atoms with Crippen molar-refractivity contribution in [2.75, 3.05) is 19.0 Å². The molecule has 0 radical (unpaired) electrons. The Morgan fingerprint density at radius 2 is 2.05 bits per heavy atom. The number of aliphatic hydroxyl groups is 1. The Bertz CT molecular complexity index is 534. The van der Waals surface area contributed by atoms with E-state index < -0.39 is 6.10 Å². The van der Waals surface area contributed by atoms with E-state index in [1.54, 1.807) is 11.8 Å². The number of nitrogens with zero attached hydrogens (tertiary/aromatic N) is 2. The first-order valence-corrected chi connectivity index (χ1v) is 6.16. The van der Waals surface area contributed by atoms with Crippen molar-refractivity contribution in [1.29, 1.82) is 0 Å².